The van der Waals surface area contributed by atoms with Crippen LogP contribution in [0.4, 0.5) is 4.39 Å². The molecule has 24 heavy (non-hydrogen) atoms. The van der Waals surface area contributed by atoms with Gasteiger partial charge in [-0.3, -0.25) is 9.89 Å². The zero-order chi connectivity index (χ0) is 16.9. The number of rotatable bonds is 3. The van der Waals surface area contributed by atoms with Gasteiger partial charge in [0.05, 0.1) is 11.6 Å². The Hall–Kier alpha value is -2.39. The molecule has 2 aliphatic rings. The Balaban J connectivity index is 1.59. The quantitative estimate of drug-likeness (QED) is 0.522. The maximum atomic E-state index is 13.9. The summed E-state index contributed by atoms with van der Waals surface area (Å²) in [6.07, 6.45) is 5.53. The number of likely N-dealkylation sites (tertiary alicyclic amines) is 1. The van der Waals surface area contributed by atoms with Gasteiger partial charge in [-0.05, 0) is 24.6 Å². The van der Waals surface area contributed by atoms with E-state index in [2.05, 4.69) is 32.3 Å². The normalized spacial score (nSPS) is 21.3. The van der Waals surface area contributed by atoms with Crippen LogP contribution in [0.15, 0.2) is 35.3 Å². The van der Waals surface area contributed by atoms with Gasteiger partial charge in [0, 0.05) is 51.4 Å². The zero-order valence-corrected chi connectivity index (χ0v) is 13.9. The molecule has 0 aliphatic carbocycles. The Morgan fingerprint density at radius 1 is 1.42 bits per heavy atom. The van der Waals surface area contributed by atoms with E-state index < -0.39 is 0 Å². The number of benzene rings is 1. The summed E-state index contributed by atoms with van der Waals surface area (Å²) in [4.78, 5) is 9.01. The number of hydrogen-bond acceptors (Lipinski definition) is 3. The first-order valence-corrected chi connectivity index (χ1v) is 8.24. The third-order valence-corrected chi connectivity index (χ3v) is 4.65. The summed E-state index contributed by atoms with van der Waals surface area (Å²) in [7, 11) is 1.75. The standard InChI is InChI=1S/C18H22FN5/c1-21-18(22-12-15-10-14(11-20)4-5-17(15)19)24-9-6-16(13-24)23-7-2-3-8-23/h2-5,10,16H,6-9,12-13H2,1H3,(H,21,22). The van der Waals surface area contributed by atoms with Gasteiger partial charge in [0.2, 0.25) is 0 Å². The van der Waals surface area contributed by atoms with Crippen molar-refractivity contribution in [1.29, 1.82) is 5.26 Å². The molecule has 1 aromatic carbocycles. The highest BCUT2D eigenvalue weighted by Gasteiger charge is 2.29. The predicted molar refractivity (Wildman–Crippen MR) is 92.0 cm³/mol. The number of halogens is 1. The number of hydrogen-bond donors (Lipinski definition) is 1. The van der Waals surface area contributed by atoms with Gasteiger partial charge < -0.3 is 10.2 Å². The molecule has 5 nitrogen and oxygen atoms in total. The monoisotopic (exact) mass is 327 g/mol. The van der Waals surface area contributed by atoms with Crippen LogP contribution in [0, 0.1) is 17.1 Å². The highest BCUT2D eigenvalue weighted by atomic mass is 19.1. The highest BCUT2D eigenvalue weighted by Crippen LogP contribution is 2.18. The Bertz CT molecular complexity index is 683. The van der Waals surface area contributed by atoms with E-state index >= 15 is 0 Å². The van der Waals surface area contributed by atoms with Gasteiger partial charge >= 0.3 is 0 Å². The molecule has 1 saturated heterocycles. The molecule has 3 rings (SSSR count). The fourth-order valence-electron chi connectivity index (χ4n) is 3.31. The van der Waals surface area contributed by atoms with E-state index in [0.717, 1.165) is 38.6 Å². The van der Waals surface area contributed by atoms with Crippen molar-refractivity contribution >= 4 is 5.96 Å². The van der Waals surface area contributed by atoms with Crippen molar-refractivity contribution in [2.45, 2.75) is 19.0 Å². The van der Waals surface area contributed by atoms with Gasteiger partial charge in [0.15, 0.2) is 5.96 Å². The van der Waals surface area contributed by atoms with Crippen LogP contribution in [-0.4, -0.2) is 55.0 Å². The van der Waals surface area contributed by atoms with Gasteiger partial charge in [-0.1, -0.05) is 12.2 Å². The summed E-state index contributed by atoms with van der Waals surface area (Å²) < 4.78 is 13.9. The molecule has 0 saturated carbocycles. The lowest BCUT2D eigenvalue weighted by molar-refractivity contribution is 0.259. The molecule has 1 atom stereocenters. The molecule has 1 aromatic rings. The molecule has 0 spiro atoms. The molecule has 6 heteroatoms. The third-order valence-electron chi connectivity index (χ3n) is 4.65. The first-order chi connectivity index (χ1) is 11.7. The van der Waals surface area contributed by atoms with Crippen LogP contribution in [0.3, 0.4) is 0 Å². The van der Waals surface area contributed by atoms with Crippen molar-refractivity contribution in [2.24, 2.45) is 4.99 Å². The average Bonchev–Trinajstić information content (AvgIpc) is 3.28. The zero-order valence-electron chi connectivity index (χ0n) is 13.9. The molecule has 1 N–H and O–H groups in total. The Morgan fingerprint density at radius 3 is 2.92 bits per heavy atom. The highest BCUT2D eigenvalue weighted by molar-refractivity contribution is 5.80. The maximum absolute atomic E-state index is 13.9. The molecule has 0 radical (unpaired) electrons. The van der Waals surface area contributed by atoms with Crippen molar-refractivity contribution in [3.05, 3.63) is 47.3 Å². The van der Waals surface area contributed by atoms with Crippen LogP contribution in [0.5, 0.6) is 0 Å². The lowest BCUT2D eigenvalue weighted by atomic mass is 10.1. The van der Waals surface area contributed by atoms with Crippen LogP contribution in [0.2, 0.25) is 0 Å². The molecule has 1 unspecified atom stereocenters. The molecule has 1 fully saturated rings. The number of nitrogens with one attached hydrogen (secondary N) is 1. The predicted octanol–water partition coefficient (Wildman–Crippen LogP) is 1.72. The van der Waals surface area contributed by atoms with E-state index in [1.165, 1.54) is 12.1 Å². The maximum Gasteiger partial charge on any atom is 0.193 e. The molecule has 2 aliphatic heterocycles. The minimum atomic E-state index is -0.306. The molecule has 2 heterocycles. The smallest absolute Gasteiger partial charge is 0.193 e. The summed E-state index contributed by atoms with van der Waals surface area (Å²) in [6, 6.07) is 6.99. The van der Waals surface area contributed by atoms with Gasteiger partial charge in [-0.2, -0.15) is 5.26 Å². The lowest BCUT2D eigenvalue weighted by Crippen LogP contribution is -2.42. The first kappa shape index (κ1) is 16.5. The van der Waals surface area contributed by atoms with Crippen LogP contribution >= 0.6 is 0 Å². The Morgan fingerprint density at radius 2 is 2.21 bits per heavy atom. The van der Waals surface area contributed by atoms with Crippen molar-refractivity contribution < 1.29 is 4.39 Å². The van der Waals surface area contributed by atoms with Gasteiger partial charge in [-0.25, -0.2) is 4.39 Å². The number of nitrogens with zero attached hydrogens (tertiary/aromatic N) is 4. The largest absolute Gasteiger partial charge is 0.352 e. The second-order valence-corrected chi connectivity index (χ2v) is 6.13. The molecule has 126 valence electrons. The molecule has 0 bridgehead atoms. The average molecular weight is 327 g/mol. The summed E-state index contributed by atoms with van der Waals surface area (Å²) in [5.41, 5.74) is 0.945. The minimum Gasteiger partial charge on any atom is -0.352 e. The number of nitriles is 1. The summed E-state index contributed by atoms with van der Waals surface area (Å²) in [5.74, 6) is 0.478. The second-order valence-electron chi connectivity index (χ2n) is 6.13. The molecular formula is C18H22FN5. The Kier molecular flexibility index (Phi) is 5.11. The van der Waals surface area contributed by atoms with E-state index in [9.17, 15) is 4.39 Å². The number of aliphatic imine (C=N–C) groups is 1. The van der Waals surface area contributed by atoms with Crippen LogP contribution in [0.25, 0.3) is 0 Å². The third kappa shape index (κ3) is 3.57. The molecule has 0 amide bonds. The molecule has 0 aromatic heterocycles. The van der Waals surface area contributed by atoms with Crippen LogP contribution < -0.4 is 5.32 Å². The minimum absolute atomic E-state index is 0.306. The van der Waals surface area contributed by atoms with Crippen molar-refractivity contribution in [3.63, 3.8) is 0 Å². The summed E-state index contributed by atoms with van der Waals surface area (Å²) >= 11 is 0. The lowest BCUT2D eigenvalue weighted by Gasteiger charge is -2.25. The summed E-state index contributed by atoms with van der Waals surface area (Å²) in [5, 5.41) is 12.2. The van der Waals surface area contributed by atoms with Crippen LogP contribution in [-0.2, 0) is 6.54 Å². The summed E-state index contributed by atoms with van der Waals surface area (Å²) in [6.45, 7) is 4.25. The van der Waals surface area contributed by atoms with E-state index in [0.29, 0.717) is 23.7 Å². The van der Waals surface area contributed by atoms with Gasteiger partial charge in [0.25, 0.3) is 0 Å². The van der Waals surface area contributed by atoms with E-state index in [1.54, 1.807) is 13.1 Å². The second kappa shape index (κ2) is 7.45. The molecular weight excluding hydrogens is 305 g/mol. The fourth-order valence-corrected chi connectivity index (χ4v) is 3.31. The number of guanidine groups is 1. The Labute approximate surface area is 142 Å². The van der Waals surface area contributed by atoms with E-state index in [4.69, 9.17) is 5.26 Å². The van der Waals surface area contributed by atoms with Gasteiger partial charge in [-0.15, -0.1) is 0 Å². The topological polar surface area (TPSA) is 54.7 Å². The van der Waals surface area contributed by atoms with Gasteiger partial charge in [0.1, 0.15) is 5.82 Å². The first-order valence-electron chi connectivity index (χ1n) is 8.24. The van der Waals surface area contributed by atoms with Crippen molar-refractivity contribution in [2.75, 3.05) is 33.2 Å². The van der Waals surface area contributed by atoms with Crippen molar-refractivity contribution in [1.82, 2.24) is 15.1 Å². The van der Waals surface area contributed by atoms with Crippen LogP contribution in [0.1, 0.15) is 17.5 Å². The van der Waals surface area contributed by atoms with Crippen molar-refractivity contribution in [3.8, 4) is 6.07 Å². The fraction of sp³-hybridized carbons (Fsp3) is 0.444. The SMILES string of the molecule is CN=C(NCc1cc(C#N)ccc1F)N1CCC(N2CC=CC2)C1. The van der Waals surface area contributed by atoms with E-state index in [-0.39, 0.29) is 5.82 Å². The van der Waals surface area contributed by atoms with E-state index in [1.807, 2.05) is 6.07 Å².